The van der Waals surface area contributed by atoms with Crippen molar-refractivity contribution in [1.29, 1.82) is 0 Å². The number of unbranched alkanes of at least 4 members (excludes halogenated alkanes) is 9. The van der Waals surface area contributed by atoms with Crippen LogP contribution in [0, 0.1) is 0 Å². The Balaban J connectivity index is -0.00000112. The average molecular weight is 303 g/mol. The molecule has 0 aromatic rings. The smallest absolute Gasteiger partial charge is 0.0780 e. The molecule has 0 N–H and O–H groups in total. The van der Waals surface area contributed by atoms with Crippen molar-refractivity contribution in [3.8, 4) is 0 Å². The van der Waals surface area contributed by atoms with Crippen LogP contribution in [0.25, 0.3) is 0 Å². The van der Waals surface area contributed by atoms with Crippen molar-refractivity contribution < 1.29 is 16.9 Å². The molecule has 0 fully saturated rings. The second-order valence-electron chi connectivity index (χ2n) is 6.20. The summed E-state index contributed by atoms with van der Waals surface area (Å²) in [5.41, 5.74) is 0. The largest absolute Gasteiger partial charge is 1.00 e. The molecule has 18 heavy (non-hydrogen) atoms. The Kier molecular flexibility index (Phi) is 23.4. The van der Waals surface area contributed by atoms with Gasteiger partial charge in [0.25, 0.3) is 0 Å². The molecule has 1 radical (unpaired) electrons. The van der Waals surface area contributed by atoms with Gasteiger partial charge in [-0.2, -0.15) is 0 Å². The van der Waals surface area contributed by atoms with Crippen LogP contribution >= 0.6 is 0 Å². The van der Waals surface area contributed by atoms with Crippen LogP contribution in [0.1, 0.15) is 71.1 Å². The van der Waals surface area contributed by atoms with Gasteiger partial charge in [-0.3, -0.25) is 0 Å². The maximum atomic E-state index is 2.29. The number of rotatable bonds is 11. The van der Waals surface area contributed by atoms with Crippen molar-refractivity contribution in [2.24, 2.45) is 0 Å². The van der Waals surface area contributed by atoms with Crippen molar-refractivity contribution in [2.75, 3.05) is 27.7 Å². The van der Waals surface area contributed by atoms with Gasteiger partial charge >= 0.3 is 0 Å². The van der Waals surface area contributed by atoms with Gasteiger partial charge in [0.1, 0.15) is 0 Å². The summed E-state index contributed by atoms with van der Waals surface area (Å²) in [5, 5.41) is 0. The van der Waals surface area contributed by atoms with Crippen LogP contribution in [0.3, 0.4) is 0 Å². The molecule has 0 aliphatic carbocycles. The van der Waals surface area contributed by atoms with E-state index in [9.17, 15) is 0 Å². The second kappa shape index (κ2) is 16.9. The molecule has 3 heteroatoms. The molecule has 0 aliphatic rings. The van der Waals surface area contributed by atoms with Gasteiger partial charge in [0.2, 0.25) is 0 Å². The Morgan fingerprint density at radius 2 is 0.944 bits per heavy atom. The molecule has 0 heterocycles. The molecule has 0 bridgehead atoms. The zero-order chi connectivity index (χ0) is 12.3. The van der Waals surface area contributed by atoms with Gasteiger partial charge in [-0.05, 0) is 12.8 Å². The van der Waals surface area contributed by atoms with E-state index >= 15 is 0 Å². The zero-order valence-corrected chi connectivity index (χ0v) is 17.5. The average Bonchev–Trinajstić information content (AvgIpc) is 2.19. The maximum absolute atomic E-state index is 2.29. The van der Waals surface area contributed by atoms with Crippen LogP contribution in [-0.2, 0) is 0 Å². The Morgan fingerprint density at radius 1 is 0.611 bits per heavy atom. The third kappa shape index (κ3) is 23.0. The monoisotopic (exact) mass is 302 g/mol. The van der Waals surface area contributed by atoms with E-state index in [1.807, 2.05) is 0 Å². The summed E-state index contributed by atoms with van der Waals surface area (Å²) in [4.78, 5) is 0. The topological polar surface area (TPSA) is 0 Å². The third-order valence-electron chi connectivity index (χ3n) is 3.18. The van der Waals surface area contributed by atoms with Gasteiger partial charge < -0.3 is 16.9 Å². The molecule has 0 spiro atoms. The predicted molar refractivity (Wildman–Crippen MR) is 80.5 cm³/mol. The van der Waals surface area contributed by atoms with E-state index in [-0.39, 0.29) is 63.8 Å². The first-order chi connectivity index (χ1) is 7.56. The second-order valence-corrected chi connectivity index (χ2v) is 6.20. The molecule has 0 aromatic heterocycles. The van der Waals surface area contributed by atoms with Crippen LogP contribution in [-0.4, -0.2) is 83.6 Å². The fourth-order valence-corrected chi connectivity index (χ4v) is 2.07. The third-order valence-corrected chi connectivity index (χ3v) is 3.18. The van der Waals surface area contributed by atoms with Crippen molar-refractivity contribution in [2.45, 2.75) is 71.1 Å². The van der Waals surface area contributed by atoms with Crippen LogP contribution < -0.4 is 12.4 Å². The molecule has 0 aliphatic heterocycles. The zero-order valence-electron chi connectivity index (χ0n) is 13.6. The summed E-state index contributed by atoms with van der Waals surface area (Å²) in [7, 11) is 6.86. The van der Waals surface area contributed by atoms with Gasteiger partial charge in [-0.1, -0.05) is 58.3 Å². The van der Waals surface area contributed by atoms with E-state index in [1.54, 1.807) is 0 Å². The van der Waals surface area contributed by atoms with E-state index in [0.29, 0.717) is 0 Å². The summed E-state index contributed by atoms with van der Waals surface area (Å²) < 4.78 is 1.12. The maximum Gasteiger partial charge on any atom is 0.0780 e. The summed E-state index contributed by atoms with van der Waals surface area (Å²) in [6.07, 6.45) is 14.4. The van der Waals surface area contributed by atoms with Gasteiger partial charge in [0.15, 0.2) is 0 Å². The van der Waals surface area contributed by atoms with E-state index in [1.165, 1.54) is 70.8 Å². The first-order valence-corrected chi connectivity index (χ1v) is 7.36. The van der Waals surface area contributed by atoms with Crippen molar-refractivity contribution in [1.82, 2.24) is 0 Å². The molecular formula is C15H34ClKN. The SMILES string of the molecule is CCCCCCCCCCCC[N+](C)(C)C.[Cl-].[K]. The van der Waals surface area contributed by atoms with Gasteiger partial charge in [-0.15, -0.1) is 0 Å². The van der Waals surface area contributed by atoms with E-state index in [4.69, 9.17) is 0 Å². The normalized spacial score (nSPS) is 10.7. The quantitative estimate of drug-likeness (QED) is 0.306. The minimum atomic E-state index is 0. The standard InChI is InChI=1S/C15H34N.ClH.K/c1-5-6-7-8-9-10-11-12-13-14-15-16(2,3)4;;/h5-15H2,1-4H3;1H;/q+1;;/p-1. The molecule has 0 rings (SSSR count). The molecule has 0 saturated carbocycles. The van der Waals surface area contributed by atoms with Crippen molar-refractivity contribution in [3.63, 3.8) is 0 Å². The molecule has 107 valence electrons. The Hall–Kier alpha value is 1.89. The number of nitrogens with zero attached hydrogens (tertiary/aromatic N) is 1. The number of hydrogen-bond acceptors (Lipinski definition) is 0. The molecule has 0 unspecified atom stereocenters. The summed E-state index contributed by atoms with van der Waals surface area (Å²) in [6.45, 7) is 3.62. The molecular weight excluding hydrogens is 269 g/mol. The molecule has 0 saturated heterocycles. The van der Waals surface area contributed by atoms with Crippen molar-refractivity contribution in [3.05, 3.63) is 0 Å². The van der Waals surface area contributed by atoms with Crippen LogP contribution in [0.5, 0.6) is 0 Å². The summed E-state index contributed by atoms with van der Waals surface area (Å²) in [5.74, 6) is 0. The van der Waals surface area contributed by atoms with Crippen LogP contribution in [0.15, 0.2) is 0 Å². The van der Waals surface area contributed by atoms with Crippen LogP contribution in [0.2, 0.25) is 0 Å². The first kappa shape index (κ1) is 24.9. The Morgan fingerprint density at radius 3 is 1.28 bits per heavy atom. The number of hydrogen-bond donors (Lipinski definition) is 0. The summed E-state index contributed by atoms with van der Waals surface area (Å²) >= 11 is 0. The fraction of sp³-hybridized carbons (Fsp3) is 1.00. The number of quaternary nitrogens is 1. The molecule has 1 nitrogen and oxygen atoms in total. The Bertz CT molecular complexity index is 146. The molecule has 0 aromatic carbocycles. The van der Waals surface area contributed by atoms with Crippen LogP contribution in [0.4, 0.5) is 0 Å². The first-order valence-electron chi connectivity index (χ1n) is 7.36. The fourth-order valence-electron chi connectivity index (χ4n) is 2.07. The summed E-state index contributed by atoms with van der Waals surface area (Å²) in [6, 6.07) is 0. The number of halogens is 1. The molecule has 0 atom stereocenters. The molecule has 0 amide bonds. The van der Waals surface area contributed by atoms with Crippen molar-refractivity contribution >= 4 is 51.4 Å². The van der Waals surface area contributed by atoms with Gasteiger partial charge in [-0.25, -0.2) is 0 Å². The van der Waals surface area contributed by atoms with E-state index < -0.39 is 0 Å². The minimum absolute atomic E-state index is 0. The minimum Gasteiger partial charge on any atom is -1.00 e. The predicted octanol–water partition coefficient (Wildman–Crippen LogP) is 1.24. The van der Waals surface area contributed by atoms with Gasteiger partial charge in [0.05, 0.1) is 27.7 Å². The van der Waals surface area contributed by atoms with E-state index in [0.717, 1.165) is 4.48 Å². The Labute approximate surface area is 165 Å². The van der Waals surface area contributed by atoms with Gasteiger partial charge in [0, 0.05) is 51.4 Å². The van der Waals surface area contributed by atoms with E-state index in [2.05, 4.69) is 28.1 Å².